The third-order valence-electron chi connectivity index (χ3n) is 6.41. The molecule has 4 rings (SSSR count). The number of amides is 2. The number of benzene rings is 3. The van der Waals surface area contributed by atoms with Crippen molar-refractivity contribution in [3.8, 4) is 0 Å². The number of halogens is 2. The molecule has 3 aromatic rings. The second kappa shape index (κ2) is 13.3. The first-order chi connectivity index (χ1) is 17.5. The fourth-order valence-electron chi connectivity index (χ4n) is 4.47. The molecule has 4 nitrogen and oxygen atoms in total. The van der Waals surface area contributed by atoms with Gasteiger partial charge in [0.1, 0.15) is 6.04 Å². The summed E-state index contributed by atoms with van der Waals surface area (Å²) in [5, 5.41) is 3.91. The second-order valence-electron chi connectivity index (χ2n) is 9.09. The van der Waals surface area contributed by atoms with Gasteiger partial charge in [-0.05, 0) is 60.4 Å². The minimum Gasteiger partial charge on any atom is -0.352 e. The summed E-state index contributed by atoms with van der Waals surface area (Å²) in [6.07, 6.45) is 4.72. The van der Waals surface area contributed by atoms with Crippen molar-refractivity contribution >= 4 is 51.1 Å². The summed E-state index contributed by atoms with van der Waals surface area (Å²) in [5.41, 5.74) is 2.01. The van der Waals surface area contributed by atoms with Crippen molar-refractivity contribution in [3.63, 3.8) is 0 Å². The Hall–Kier alpha value is -2.28. The van der Waals surface area contributed by atoms with Crippen LogP contribution in [0, 0.1) is 0 Å². The molecule has 0 spiro atoms. The molecule has 2 amide bonds. The van der Waals surface area contributed by atoms with Crippen molar-refractivity contribution in [1.29, 1.82) is 0 Å². The van der Waals surface area contributed by atoms with Gasteiger partial charge < -0.3 is 10.2 Å². The van der Waals surface area contributed by atoms with Crippen LogP contribution < -0.4 is 5.32 Å². The molecule has 3 aromatic carbocycles. The maximum Gasteiger partial charge on any atom is 0.243 e. The number of carbonyl (C=O) groups excluding carboxylic acids is 2. The van der Waals surface area contributed by atoms with Crippen molar-refractivity contribution in [2.45, 2.75) is 55.6 Å². The molecular weight excluding hydrogens is 556 g/mol. The zero-order chi connectivity index (χ0) is 25.3. The Kier molecular flexibility index (Phi) is 9.90. The molecular formula is C29H30BrClN2O2S. The van der Waals surface area contributed by atoms with Crippen LogP contribution in [-0.4, -0.2) is 34.6 Å². The number of thioether (sulfide) groups is 1. The van der Waals surface area contributed by atoms with Gasteiger partial charge >= 0.3 is 0 Å². The van der Waals surface area contributed by atoms with Crippen LogP contribution in [0.25, 0.3) is 0 Å². The Morgan fingerprint density at radius 3 is 2.28 bits per heavy atom. The molecule has 188 valence electrons. The molecule has 0 aliphatic heterocycles. The molecule has 1 aliphatic rings. The lowest BCUT2D eigenvalue weighted by Crippen LogP contribution is -2.52. The van der Waals surface area contributed by atoms with E-state index < -0.39 is 6.04 Å². The van der Waals surface area contributed by atoms with E-state index in [2.05, 4.69) is 21.2 Å². The smallest absolute Gasteiger partial charge is 0.243 e. The lowest BCUT2D eigenvalue weighted by Gasteiger charge is -2.32. The third kappa shape index (κ3) is 7.86. The van der Waals surface area contributed by atoms with Gasteiger partial charge in [0.15, 0.2) is 0 Å². The van der Waals surface area contributed by atoms with Gasteiger partial charge in [-0.3, -0.25) is 9.59 Å². The van der Waals surface area contributed by atoms with Crippen molar-refractivity contribution in [2.75, 3.05) is 5.75 Å². The molecule has 0 bridgehead atoms. The Bertz CT molecular complexity index is 1140. The van der Waals surface area contributed by atoms with Crippen LogP contribution in [0.5, 0.6) is 0 Å². The van der Waals surface area contributed by atoms with E-state index in [9.17, 15) is 9.59 Å². The number of hydrogen-bond donors (Lipinski definition) is 1. The SMILES string of the molecule is O=C(NC1CCCC1)C(Cc1ccccc1)N(Cc1ccc(Br)cc1)C(=O)CSc1ccc(Cl)cc1. The Morgan fingerprint density at radius 1 is 0.944 bits per heavy atom. The Morgan fingerprint density at radius 2 is 1.61 bits per heavy atom. The molecule has 0 heterocycles. The van der Waals surface area contributed by atoms with Gasteiger partial charge in [-0.15, -0.1) is 11.8 Å². The number of nitrogens with zero attached hydrogens (tertiary/aromatic N) is 1. The fourth-order valence-corrected chi connectivity index (χ4v) is 5.64. The monoisotopic (exact) mass is 584 g/mol. The normalized spacial score (nSPS) is 14.4. The average Bonchev–Trinajstić information content (AvgIpc) is 3.40. The summed E-state index contributed by atoms with van der Waals surface area (Å²) in [6, 6.07) is 24.9. The fraction of sp³-hybridized carbons (Fsp3) is 0.310. The van der Waals surface area contributed by atoms with Crippen molar-refractivity contribution in [2.24, 2.45) is 0 Å². The summed E-state index contributed by atoms with van der Waals surface area (Å²) in [6.45, 7) is 0.364. The predicted octanol–water partition coefficient (Wildman–Crippen LogP) is 6.89. The average molecular weight is 586 g/mol. The number of hydrogen-bond acceptors (Lipinski definition) is 3. The van der Waals surface area contributed by atoms with E-state index in [1.165, 1.54) is 11.8 Å². The zero-order valence-corrected chi connectivity index (χ0v) is 23.2. The Balaban J connectivity index is 1.59. The predicted molar refractivity (Wildman–Crippen MR) is 151 cm³/mol. The van der Waals surface area contributed by atoms with Gasteiger partial charge in [-0.2, -0.15) is 0 Å². The van der Waals surface area contributed by atoms with Gasteiger partial charge in [-0.1, -0.05) is 82.8 Å². The highest BCUT2D eigenvalue weighted by Crippen LogP contribution is 2.24. The van der Waals surface area contributed by atoms with Crippen LogP contribution in [-0.2, 0) is 22.6 Å². The summed E-state index contributed by atoms with van der Waals surface area (Å²) in [5.74, 6) is 0.0910. The molecule has 1 fully saturated rings. The topological polar surface area (TPSA) is 49.4 Å². The minimum absolute atomic E-state index is 0.0691. The first-order valence-electron chi connectivity index (χ1n) is 12.2. The standard InChI is InChI=1S/C29H30BrClN2O2S/c30-23-12-10-22(11-13-23)19-33(28(34)20-36-26-16-14-24(31)15-17-26)27(18-21-6-2-1-3-7-21)29(35)32-25-8-4-5-9-25/h1-3,6-7,10-17,25,27H,4-5,8-9,18-20H2,(H,32,35). The van der Waals surface area contributed by atoms with Crippen molar-refractivity contribution in [1.82, 2.24) is 10.2 Å². The number of rotatable bonds is 10. The van der Waals surface area contributed by atoms with Crippen LogP contribution in [0.4, 0.5) is 0 Å². The zero-order valence-electron chi connectivity index (χ0n) is 20.0. The first kappa shape index (κ1) is 26.8. The molecule has 1 N–H and O–H groups in total. The van der Waals surface area contributed by atoms with E-state index in [0.29, 0.717) is 18.0 Å². The summed E-state index contributed by atoms with van der Waals surface area (Å²) in [4.78, 5) is 30.1. The molecule has 36 heavy (non-hydrogen) atoms. The molecule has 1 atom stereocenters. The summed E-state index contributed by atoms with van der Waals surface area (Å²) < 4.78 is 0.974. The quantitative estimate of drug-likeness (QED) is 0.264. The molecule has 0 aromatic heterocycles. The largest absolute Gasteiger partial charge is 0.352 e. The van der Waals surface area contributed by atoms with Gasteiger partial charge in [0.25, 0.3) is 0 Å². The summed E-state index contributed by atoms with van der Waals surface area (Å²) >= 11 is 11.0. The van der Waals surface area contributed by atoms with Crippen molar-refractivity contribution < 1.29 is 9.59 Å². The lowest BCUT2D eigenvalue weighted by molar-refractivity contribution is -0.139. The molecule has 0 radical (unpaired) electrons. The highest BCUT2D eigenvalue weighted by molar-refractivity contribution is 9.10. The van der Waals surface area contributed by atoms with Crippen LogP contribution in [0.1, 0.15) is 36.8 Å². The van der Waals surface area contributed by atoms with E-state index in [0.717, 1.165) is 46.2 Å². The van der Waals surface area contributed by atoms with Crippen LogP contribution in [0.2, 0.25) is 5.02 Å². The second-order valence-corrected chi connectivity index (χ2v) is 11.5. The summed E-state index contributed by atoms with van der Waals surface area (Å²) in [7, 11) is 0. The molecule has 7 heteroatoms. The molecule has 1 aliphatic carbocycles. The van der Waals surface area contributed by atoms with Crippen LogP contribution in [0.3, 0.4) is 0 Å². The maximum atomic E-state index is 13.7. The van der Waals surface area contributed by atoms with Gasteiger partial charge in [0.2, 0.25) is 11.8 Å². The highest BCUT2D eigenvalue weighted by atomic mass is 79.9. The maximum absolute atomic E-state index is 13.7. The van der Waals surface area contributed by atoms with E-state index in [4.69, 9.17) is 11.6 Å². The van der Waals surface area contributed by atoms with Gasteiger partial charge in [0.05, 0.1) is 5.75 Å². The van der Waals surface area contributed by atoms with Gasteiger partial charge in [0, 0.05) is 33.4 Å². The minimum atomic E-state index is -0.602. The molecule has 0 saturated heterocycles. The van der Waals surface area contributed by atoms with Crippen LogP contribution in [0.15, 0.2) is 88.2 Å². The van der Waals surface area contributed by atoms with E-state index in [1.807, 2.05) is 78.9 Å². The van der Waals surface area contributed by atoms with E-state index in [-0.39, 0.29) is 23.6 Å². The van der Waals surface area contributed by atoms with Gasteiger partial charge in [-0.25, -0.2) is 0 Å². The third-order valence-corrected chi connectivity index (χ3v) is 8.19. The number of carbonyl (C=O) groups is 2. The van der Waals surface area contributed by atoms with E-state index >= 15 is 0 Å². The highest BCUT2D eigenvalue weighted by Gasteiger charge is 2.32. The van der Waals surface area contributed by atoms with E-state index in [1.54, 1.807) is 4.90 Å². The van der Waals surface area contributed by atoms with Crippen LogP contribution >= 0.6 is 39.3 Å². The van der Waals surface area contributed by atoms with Crippen molar-refractivity contribution in [3.05, 3.63) is 99.5 Å². The lowest BCUT2D eigenvalue weighted by atomic mass is 10.0. The molecule has 1 saturated carbocycles. The number of nitrogens with one attached hydrogen (secondary N) is 1. The first-order valence-corrected chi connectivity index (χ1v) is 14.4. The molecule has 1 unspecified atom stereocenters. The Labute approximate surface area is 230 Å².